The van der Waals surface area contributed by atoms with Crippen molar-refractivity contribution < 1.29 is 14.1 Å². The lowest BCUT2D eigenvalue weighted by atomic mass is 9.79. The van der Waals surface area contributed by atoms with Crippen LogP contribution in [0, 0.1) is 25.7 Å². The maximum Gasteiger partial charge on any atom is 0.257 e. The van der Waals surface area contributed by atoms with Crippen LogP contribution in [0.5, 0.6) is 0 Å². The Hall–Kier alpha value is -3.56. The Labute approximate surface area is 192 Å². The second-order valence-corrected chi connectivity index (χ2v) is 8.85. The number of aromatic nitrogens is 5. The fourth-order valence-electron chi connectivity index (χ4n) is 4.41. The maximum atomic E-state index is 13.3. The highest BCUT2D eigenvalue weighted by Crippen LogP contribution is 2.31. The number of nitrogens with zero attached hydrogens (tertiary/aromatic N) is 5. The Kier molecular flexibility index (Phi) is 6.52. The second kappa shape index (κ2) is 9.51. The second-order valence-electron chi connectivity index (χ2n) is 8.85. The van der Waals surface area contributed by atoms with Crippen molar-refractivity contribution in [2.24, 2.45) is 18.9 Å². The van der Waals surface area contributed by atoms with Gasteiger partial charge in [-0.1, -0.05) is 30.1 Å². The highest BCUT2D eigenvalue weighted by Gasteiger charge is 2.33. The molecule has 1 fully saturated rings. The zero-order valence-corrected chi connectivity index (χ0v) is 19.3. The van der Waals surface area contributed by atoms with Gasteiger partial charge in [-0.15, -0.1) is 5.10 Å². The van der Waals surface area contributed by atoms with Crippen molar-refractivity contribution in [2.75, 3.05) is 5.32 Å². The van der Waals surface area contributed by atoms with Crippen molar-refractivity contribution in [2.45, 2.75) is 52.5 Å². The Bertz CT molecular complexity index is 1110. The zero-order chi connectivity index (χ0) is 23.5. The van der Waals surface area contributed by atoms with Crippen molar-refractivity contribution in [1.82, 2.24) is 30.5 Å². The first-order chi connectivity index (χ1) is 15.8. The van der Waals surface area contributed by atoms with Gasteiger partial charge in [0.25, 0.3) is 5.91 Å². The first-order valence-electron chi connectivity index (χ1n) is 11.2. The van der Waals surface area contributed by atoms with E-state index in [9.17, 15) is 9.59 Å². The van der Waals surface area contributed by atoms with Crippen molar-refractivity contribution in [3.8, 4) is 11.3 Å². The Morgan fingerprint density at radius 1 is 1.15 bits per heavy atom. The summed E-state index contributed by atoms with van der Waals surface area (Å²) in [4.78, 5) is 30.5. The molecular weight excluding hydrogens is 422 g/mol. The lowest BCUT2D eigenvalue weighted by molar-refractivity contribution is -0.119. The first kappa shape index (κ1) is 22.6. The number of anilines is 1. The zero-order valence-electron chi connectivity index (χ0n) is 19.3. The maximum absolute atomic E-state index is 13.3. The van der Waals surface area contributed by atoms with Gasteiger partial charge in [0.1, 0.15) is 23.7 Å². The molecule has 1 aliphatic carbocycles. The van der Waals surface area contributed by atoms with Gasteiger partial charge in [0, 0.05) is 18.8 Å². The molecule has 33 heavy (non-hydrogen) atoms. The molecule has 10 heteroatoms. The molecule has 1 unspecified atom stereocenters. The van der Waals surface area contributed by atoms with E-state index < -0.39 is 6.04 Å². The molecule has 0 saturated heterocycles. The molecular formula is C23H29N7O3. The van der Waals surface area contributed by atoms with Crippen LogP contribution in [-0.2, 0) is 11.8 Å². The summed E-state index contributed by atoms with van der Waals surface area (Å²) in [7, 11) is 1.82. The molecule has 3 heterocycles. The number of nitrogens with one attached hydrogen (secondary N) is 2. The minimum Gasteiger partial charge on any atom is -0.364 e. The SMILES string of the molecule is Cc1nocc1C(=O)NC(C(=O)Nc1ccc(-c2c(C)nnn2C)cn1)C1CCC(C)CC1. The van der Waals surface area contributed by atoms with Gasteiger partial charge in [0.15, 0.2) is 0 Å². The Morgan fingerprint density at radius 2 is 1.91 bits per heavy atom. The fraction of sp³-hybridized carbons (Fsp3) is 0.478. The predicted octanol–water partition coefficient (Wildman–Crippen LogP) is 3.05. The lowest BCUT2D eigenvalue weighted by Gasteiger charge is -2.32. The van der Waals surface area contributed by atoms with E-state index in [0.717, 1.165) is 42.6 Å². The molecule has 174 valence electrons. The summed E-state index contributed by atoms with van der Waals surface area (Å²) in [6.07, 6.45) is 6.79. The average Bonchev–Trinajstić information content (AvgIpc) is 3.38. The van der Waals surface area contributed by atoms with E-state index in [1.54, 1.807) is 23.9 Å². The third-order valence-electron chi connectivity index (χ3n) is 6.38. The van der Waals surface area contributed by atoms with E-state index in [-0.39, 0.29) is 17.7 Å². The summed E-state index contributed by atoms with van der Waals surface area (Å²) in [6, 6.07) is 2.93. The summed E-state index contributed by atoms with van der Waals surface area (Å²) in [5.41, 5.74) is 3.34. The van der Waals surface area contributed by atoms with Crippen molar-refractivity contribution in [1.29, 1.82) is 0 Å². The summed E-state index contributed by atoms with van der Waals surface area (Å²) in [5.74, 6) is 0.444. The molecule has 0 aromatic carbocycles. The van der Waals surface area contributed by atoms with Crippen LogP contribution in [0.1, 0.15) is 54.4 Å². The van der Waals surface area contributed by atoms with E-state index in [4.69, 9.17) is 4.52 Å². The van der Waals surface area contributed by atoms with Gasteiger partial charge in [-0.25, -0.2) is 9.67 Å². The van der Waals surface area contributed by atoms with Crippen LogP contribution in [0.25, 0.3) is 11.3 Å². The molecule has 3 aromatic heterocycles. The van der Waals surface area contributed by atoms with Crippen LogP contribution in [-0.4, -0.2) is 43.0 Å². The van der Waals surface area contributed by atoms with Gasteiger partial charge in [0.2, 0.25) is 5.91 Å². The van der Waals surface area contributed by atoms with E-state index >= 15 is 0 Å². The lowest BCUT2D eigenvalue weighted by Crippen LogP contribution is -2.49. The van der Waals surface area contributed by atoms with E-state index in [1.807, 2.05) is 20.0 Å². The molecule has 0 bridgehead atoms. The number of aryl methyl sites for hydroxylation is 3. The van der Waals surface area contributed by atoms with Crippen LogP contribution in [0.15, 0.2) is 29.1 Å². The number of hydrogen-bond donors (Lipinski definition) is 2. The van der Waals surface area contributed by atoms with Crippen LogP contribution < -0.4 is 10.6 Å². The van der Waals surface area contributed by atoms with Gasteiger partial charge in [-0.05, 0) is 50.7 Å². The monoisotopic (exact) mass is 451 g/mol. The van der Waals surface area contributed by atoms with Crippen LogP contribution in [0.4, 0.5) is 5.82 Å². The molecule has 3 aromatic rings. The Morgan fingerprint density at radius 3 is 2.48 bits per heavy atom. The molecule has 10 nitrogen and oxygen atoms in total. The summed E-state index contributed by atoms with van der Waals surface area (Å²) >= 11 is 0. The molecule has 2 N–H and O–H groups in total. The normalized spacial score (nSPS) is 19.2. The van der Waals surface area contributed by atoms with Gasteiger partial charge in [-0.2, -0.15) is 0 Å². The van der Waals surface area contributed by atoms with Crippen LogP contribution in [0.2, 0.25) is 0 Å². The van der Waals surface area contributed by atoms with Crippen molar-refractivity contribution >= 4 is 17.6 Å². The molecule has 2 amide bonds. The molecule has 0 aliphatic heterocycles. The van der Waals surface area contributed by atoms with Gasteiger partial charge < -0.3 is 15.2 Å². The summed E-state index contributed by atoms with van der Waals surface area (Å²) in [5, 5.41) is 17.6. The quantitative estimate of drug-likeness (QED) is 0.589. The van der Waals surface area contributed by atoms with E-state index in [0.29, 0.717) is 23.0 Å². The number of pyridine rings is 1. The number of carbonyl (C=O) groups excluding carboxylic acids is 2. The first-order valence-corrected chi connectivity index (χ1v) is 11.2. The Balaban J connectivity index is 1.51. The number of rotatable bonds is 6. The van der Waals surface area contributed by atoms with Gasteiger partial charge >= 0.3 is 0 Å². The molecule has 4 rings (SSSR count). The van der Waals surface area contributed by atoms with E-state index in [1.165, 1.54) is 6.26 Å². The van der Waals surface area contributed by atoms with Crippen molar-refractivity contribution in [3.05, 3.63) is 41.5 Å². The minimum atomic E-state index is -0.677. The largest absolute Gasteiger partial charge is 0.364 e. The molecule has 1 saturated carbocycles. The van der Waals surface area contributed by atoms with Gasteiger partial charge in [0.05, 0.1) is 17.1 Å². The number of amides is 2. The summed E-state index contributed by atoms with van der Waals surface area (Å²) in [6.45, 7) is 5.80. The molecule has 0 radical (unpaired) electrons. The van der Waals surface area contributed by atoms with E-state index in [2.05, 4.69) is 38.0 Å². The fourth-order valence-corrected chi connectivity index (χ4v) is 4.41. The van der Waals surface area contributed by atoms with Crippen molar-refractivity contribution in [3.63, 3.8) is 0 Å². The number of hydrogen-bond acceptors (Lipinski definition) is 7. The summed E-state index contributed by atoms with van der Waals surface area (Å²) < 4.78 is 6.58. The standard InChI is InChI=1S/C23H29N7O3/c1-13-5-7-16(8-6-13)20(26-22(31)18-12-33-28-14(18)2)23(32)25-19-10-9-17(11-24-19)21-15(3)27-29-30(21)4/h9-13,16,20H,5-8H2,1-4H3,(H,26,31)(H,24,25,32). The number of carbonyl (C=O) groups is 2. The van der Waals surface area contributed by atoms with Crippen LogP contribution in [0.3, 0.4) is 0 Å². The minimum absolute atomic E-state index is 0.0488. The van der Waals surface area contributed by atoms with Crippen LogP contribution >= 0.6 is 0 Å². The highest BCUT2D eigenvalue weighted by molar-refractivity contribution is 6.01. The third kappa shape index (κ3) is 4.94. The highest BCUT2D eigenvalue weighted by atomic mass is 16.5. The molecule has 1 atom stereocenters. The smallest absolute Gasteiger partial charge is 0.257 e. The predicted molar refractivity (Wildman–Crippen MR) is 121 cm³/mol. The molecule has 0 spiro atoms. The molecule has 1 aliphatic rings. The average molecular weight is 452 g/mol. The topological polar surface area (TPSA) is 128 Å². The van der Waals surface area contributed by atoms with Gasteiger partial charge in [-0.3, -0.25) is 9.59 Å². The third-order valence-corrected chi connectivity index (χ3v) is 6.38.